The van der Waals surface area contributed by atoms with Gasteiger partial charge in [-0.15, -0.1) is 0 Å². The minimum absolute atomic E-state index is 1.03. The zero-order valence-corrected chi connectivity index (χ0v) is 9.59. The molecule has 13 heavy (non-hydrogen) atoms. The van der Waals surface area contributed by atoms with Crippen molar-refractivity contribution in [1.82, 2.24) is 0 Å². The van der Waals surface area contributed by atoms with E-state index in [4.69, 9.17) is 0 Å². The zero-order chi connectivity index (χ0) is 9.59. The second-order valence-electron chi connectivity index (χ2n) is 5.44. The van der Waals surface area contributed by atoms with Gasteiger partial charge < -0.3 is 0 Å². The van der Waals surface area contributed by atoms with Crippen LogP contribution in [-0.2, 0) is 0 Å². The number of hydrogen-bond acceptors (Lipinski definition) is 0. The minimum atomic E-state index is 1.03. The molecule has 2 saturated carbocycles. The van der Waals surface area contributed by atoms with E-state index in [9.17, 15) is 0 Å². The van der Waals surface area contributed by atoms with Crippen molar-refractivity contribution in [3.63, 3.8) is 0 Å². The fraction of sp³-hybridized carbons (Fsp3) is 1.00. The van der Waals surface area contributed by atoms with E-state index >= 15 is 0 Å². The van der Waals surface area contributed by atoms with E-state index in [0.717, 1.165) is 35.5 Å². The molecule has 0 radical (unpaired) electrons. The van der Waals surface area contributed by atoms with E-state index in [2.05, 4.69) is 27.7 Å². The Morgan fingerprint density at radius 3 is 2.15 bits per heavy atom. The monoisotopic (exact) mass is 180 g/mol. The smallest absolute Gasteiger partial charge is 0.0323 e. The lowest BCUT2D eigenvalue weighted by atomic mass is 9.41. The van der Waals surface area contributed by atoms with Crippen LogP contribution in [0, 0.1) is 35.5 Å². The average molecular weight is 180 g/mol. The van der Waals surface area contributed by atoms with Crippen molar-refractivity contribution < 1.29 is 0 Å². The molecule has 2 fully saturated rings. The van der Waals surface area contributed by atoms with Crippen LogP contribution in [0.4, 0.5) is 0 Å². The molecule has 0 aliphatic heterocycles. The summed E-state index contributed by atoms with van der Waals surface area (Å²) in [6.45, 7) is 9.66. The molecule has 5 atom stereocenters. The van der Waals surface area contributed by atoms with Gasteiger partial charge in [0.2, 0.25) is 0 Å². The standard InChI is InChI=1S/C13H24/c1-5-10(6-2)12-7-11-8(3)9(4)13(11)12/h8-13H,5-7H2,1-4H3. The molecule has 2 rings (SSSR count). The number of rotatable bonds is 3. The highest BCUT2D eigenvalue weighted by Gasteiger charge is 2.57. The van der Waals surface area contributed by atoms with Crippen molar-refractivity contribution in [2.75, 3.05) is 0 Å². The molecule has 76 valence electrons. The average Bonchev–Trinajstić information content (AvgIpc) is 2.10. The molecule has 0 aromatic heterocycles. The zero-order valence-electron chi connectivity index (χ0n) is 9.59. The molecule has 0 aromatic carbocycles. The van der Waals surface area contributed by atoms with E-state index in [1.807, 2.05) is 0 Å². The van der Waals surface area contributed by atoms with Gasteiger partial charge in [0.15, 0.2) is 0 Å². The van der Waals surface area contributed by atoms with Crippen LogP contribution in [-0.4, -0.2) is 0 Å². The lowest BCUT2D eigenvalue weighted by Crippen LogP contribution is -2.58. The van der Waals surface area contributed by atoms with E-state index in [0.29, 0.717) is 0 Å². The lowest BCUT2D eigenvalue weighted by molar-refractivity contribution is -0.157. The van der Waals surface area contributed by atoms with Gasteiger partial charge in [0, 0.05) is 0 Å². The summed E-state index contributed by atoms with van der Waals surface area (Å²) in [6.07, 6.45) is 4.37. The van der Waals surface area contributed by atoms with Crippen molar-refractivity contribution in [3.8, 4) is 0 Å². The Morgan fingerprint density at radius 1 is 1.08 bits per heavy atom. The summed E-state index contributed by atoms with van der Waals surface area (Å²) in [4.78, 5) is 0. The fourth-order valence-electron chi connectivity index (χ4n) is 4.09. The molecule has 0 heterocycles. The van der Waals surface area contributed by atoms with Crippen molar-refractivity contribution in [2.24, 2.45) is 35.5 Å². The summed E-state index contributed by atoms with van der Waals surface area (Å²) >= 11 is 0. The van der Waals surface area contributed by atoms with Gasteiger partial charge in [-0.05, 0) is 41.9 Å². The minimum Gasteiger partial charge on any atom is -0.0651 e. The highest BCUT2D eigenvalue weighted by Crippen LogP contribution is 2.63. The molecule has 0 bridgehead atoms. The first-order valence-corrected chi connectivity index (χ1v) is 6.20. The third-order valence-corrected chi connectivity index (χ3v) is 5.30. The Morgan fingerprint density at radius 2 is 1.69 bits per heavy atom. The van der Waals surface area contributed by atoms with Crippen molar-refractivity contribution in [3.05, 3.63) is 0 Å². The summed E-state index contributed by atoms with van der Waals surface area (Å²) in [6, 6.07) is 0. The maximum atomic E-state index is 2.47. The highest BCUT2D eigenvalue weighted by molar-refractivity contribution is 5.05. The second kappa shape index (κ2) is 3.29. The molecule has 0 spiro atoms. The third kappa shape index (κ3) is 1.17. The maximum Gasteiger partial charge on any atom is -0.0323 e. The maximum absolute atomic E-state index is 2.47. The first kappa shape index (κ1) is 9.55. The van der Waals surface area contributed by atoms with Gasteiger partial charge in [-0.2, -0.15) is 0 Å². The van der Waals surface area contributed by atoms with E-state index in [-0.39, 0.29) is 0 Å². The molecule has 0 saturated heterocycles. The molecule has 2 aliphatic carbocycles. The summed E-state index contributed by atoms with van der Waals surface area (Å²) in [5.74, 6) is 6.46. The Kier molecular flexibility index (Phi) is 2.42. The quantitative estimate of drug-likeness (QED) is 0.616. The largest absolute Gasteiger partial charge is 0.0651 e. The Balaban J connectivity index is 1.92. The molecular formula is C13H24. The van der Waals surface area contributed by atoms with Crippen molar-refractivity contribution in [1.29, 1.82) is 0 Å². The van der Waals surface area contributed by atoms with Gasteiger partial charge in [0.25, 0.3) is 0 Å². The Bertz CT molecular complexity index is 174. The molecular weight excluding hydrogens is 156 g/mol. The molecule has 0 heteroatoms. The van der Waals surface area contributed by atoms with Gasteiger partial charge in [-0.1, -0.05) is 40.5 Å². The summed E-state index contributed by atoms with van der Waals surface area (Å²) < 4.78 is 0. The van der Waals surface area contributed by atoms with Crippen LogP contribution in [0.2, 0.25) is 0 Å². The van der Waals surface area contributed by atoms with E-state index < -0.39 is 0 Å². The van der Waals surface area contributed by atoms with Crippen LogP contribution in [0.3, 0.4) is 0 Å². The lowest BCUT2D eigenvalue weighted by Gasteiger charge is -2.64. The normalized spacial score (nSPS) is 48.2. The molecule has 0 nitrogen and oxygen atoms in total. The van der Waals surface area contributed by atoms with Crippen LogP contribution in [0.1, 0.15) is 47.0 Å². The summed E-state index contributed by atoms with van der Waals surface area (Å²) in [7, 11) is 0. The van der Waals surface area contributed by atoms with Gasteiger partial charge in [0.05, 0.1) is 0 Å². The summed E-state index contributed by atoms with van der Waals surface area (Å²) in [5.41, 5.74) is 0. The predicted molar refractivity (Wildman–Crippen MR) is 57.5 cm³/mol. The van der Waals surface area contributed by atoms with Gasteiger partial charge >= 0.3 is 0 Å². The fourth-order valence-corrected chi connectivity index (χ4v) is 4.09. The van der Waals surface area contributed by atoms with Crippen LogP contribution < -0.4 is 0 Å². The Hall–Kier alpha value is 0. The van der Waals surface area contributed by atoms with Crippen LogP contribution in [0.25, 0.3) is 0 Å². The van der Waals surface area contributed by atoms with Crippen molar-refractivity contribution >= 4 is 0 Å². The van der Waals surface area contributed by atoms with Gasteiger partial charge in [-0.3, -0.25) is 0 Å². The molecule has 5 unspecified atom stereocenters. The van der Waals surface area contributed by atoms with Crippen molar-refractivity contribution in [2.45, 2.75) is 47.0 Å². The number of fused-ring (bicyclic) bond motifs is 1. The van der Waals surface area contributed by atoms with Crippen LogP contribution in [0.15, 0.2) is 0 Å². The number of hydrogen-bond donors (Lipinski definition) is 0. The first-order valence-electron chi connectivity index (χ1n) is 6.20. The SMILES string of the molecule is CCC(CC)C1CC2C(C)C(C)C12. The molecule has 0 amide bonds. The van der Waals surface area contributed by atoms with Crippen LogP contribution >= 0.6 is 0 Å². The highest BCUT2D eigenvalue weighted by atomic mass is 14.6. The van der Waals surface area contributed by atoms with E-state index in [1.165, 1.54) is 12.8 Å². The second-order valence-corrected chi connectivity index (χ2v) is 5.44. The molecule has 0 aromatic rings. The van der Waals surface area contributed by atoms with Crippen LogP contribution in [0.5, 0.6) is 0 Å². The summed E-state index contributed by atoms with van der Waals surface area (Å²) in [5, 5.41) is 0. The first-order chi connectivity index (χ1) is 6.20. The predicted octanol–water partition coefficient (Wildman–Crippen LogP) is 3.96. The molecule has 0 N–H and O–H groups in total. The van der Waals surface area contributed by atoms with Gasteiger partial charge in [-0.25, -0.2) is 0 Å². The van der Waals surface area contributed by atoms with E-state index in [1.54, 1.807) is 6.42 Å². The molecule has 2 aliphatic rings. The Labute approximate surface area is 83.1 Å². The third-order valence-electron chi connectivity index (χ3n) is 5.30. The topological polar surface area (TPSA) is 0 Å². The van der Waals surface area contributed by atoms with Gasteiger partial charge in [0.1, 0.15) is 0 Å².